The zero-order valence-electron chi connectivity index (χ0n) is 21.2. The molecule has 4 nitrogen and oxygen atoms in total. The topological polar surface area (TPSA) is 60.7 Å². The molecule has 3 N–H and O–H groups in total. The SMILES string of the molecule is CCCCCCCCCCCCCCCCCCCCCCCC[N+](CO)(CO)CO. The van der Waals surface area contributed by atoms with E-state index in [1.54, 1.807) is 0 Å². The third-order valence-electron chi connectivity index (χ3n) is 6.89. The molecular formula is C27H58NO3+. The molecule has 0 saturated carbocycles. The molecule has 0 spiro atoms. The standard InChI is InChI=1S/C27H58NO3/c1-2-3-4-5-6-7-8-9-10-11-12-13-14-15-16-17-18-19-20-21-22-23-24-28(25-29,26-30)27-31/h29-31H,2-27H2,1H3/q+1. The Balaban J connectivity index is 3.16. The molecule has 0 fully saturated rings. The Morgan fingerprint density at radius 2 is 0.581 bits per heavy atom. The number of nitrogens with zero attached hydrogens (tertiary/aromatic N) is 1. The van der Waals surface area contributed by atoms with Crippen molar-refractivity contribution in [2.75, 3.05) is 26.7 Å². The maximum absolute atomic E-state index is 9.30. The van der Waals surface area contributed by atoms with E-state index in [1.165, 1.54) is 128 Å². The van der Waals surface area contributed by atoms with E-state index < -0.39 is 0 Å². The highest BCUT2D eigenvalue weighted by Crippen LogP contribution is 2.15. The lowest BCUT2D eigenvalue weighted by Crippen LogP contribution is -2.50. The molecule has 0 aliphatic carbocycles. The van der Waals surface area contributed by atoms with E-state index in [1.807, 2.05) is 0 Å². The fourth-order valence-electron chi connectivity index (χ4n) is 4.40. The lowest BCUT2D eigenvalue weighted by Gasteiger charge is -2.31. The maximum Gasteiger partial charge on any atom is 0.183 e. The van der Waals surface area contributed by atoms with E-state index in [0.29, 0.717) is 6.54 Å². The normalized spacial score (nSPS) is 12.0. The Kier molecular flexibility index (Phi) is 24.4. The molecule has 0 rings (SSSR count). The van der Waals surface area contributed by atoms with Crippen molar-refractivity contribution in [2.24, 2.45) is 0 Å². The molecule has 0 aliphatic heterocycles. The summed E-state index contributed by atoms with van der Waals surface area (Å²) in [5.41, 5.74) is 0. The highest BCUT2D eigenvalue weighted by Gasteiger charge is 2.23. The fraction of sp³-hybridized carbons (Fsp3) is 1.00. The molecule has 0 aromatic carbocycles. The fourth-order valence-corrected chi connectivity index (χ4v) is 4.40. The Labute approximate surface area is 195 Å². The van der Waals surface area contributed by atoms with E-state index >= 15 is 0 Å². The third kappa shape index (κ3) is 20.2. The number of unbranched alkanes of at least 4 members (excludes halogenated alkanes) is 21. The van der Waals surface area contributed by atoms with Crippen molar-refractivity contribution in [3.63, 3.8) is 0 Å². The van der Waals surface area contributed by atoms with Crippen LogP contribution in [0.3, 0.4) is 0 Å². The molecule has 0 bridgehead atoms. The monoisotopic (exact) mass is 444 g/mol. The number of hydrogen-bond acceptors (Lipinski definition) is 3. The van der Waals surface area contributed by atoms with Crippen molar-refractivity contribution in [3.8, 4) is 0 Å². The first-order valence-corrected chi connectivity index (χ1v) is 13.9. The Morgan fingerprint density at radius 3 is 0.806 bits per heavy atom. The summed E-state index contributed by atoms with van der Waals surface area (Å²) in [6.07, 6.45) is 30.2. The molecule has 31 heavy (non-hydrogen) atoms. The minimum atomic E-state index is -0.188. The molecule has 0 heterocycles. The predicted octanol–water partition coefficient (Wildman–Crippen LogP) is 7.25. The summed E-state index contributed by atoms with van der Waals surface area (Å²) in [5, 5.41) is 27.9. The smallest absolute Gasteiger partial charge is 0.183 e. The minimum absolute atomic E-state index is 0.000800. The highest BCUT2D eigenvalue weighted by molar-refractivity contribution is 4.51. The first-order valence-electron chi connectivity index (χ1n) is 13.9. The van der Waals surface area contributed by atoms with Gasteiger partial charge in [-0.25, -0.2) is 0 Å². The lowest BCUT2D eigenvalue weighted by atomic mass is 10.0. The largest absolute Gasteiger partial charge is 0.347 e. The quantitative estimate of drug-likeness (QED) is 0.0747. The van der Waals surface area contributed by atoms with Crippen LogP contribution in [-0.2, 0) is 0 Å². The van der Waals surface area contributed by atoms with Gasteiger partial charge in [-0.15, -0.1) is 0 Å². The Morgan fingerprint density at radius 1 is 0.355 bits per heavy atom. The molecule has 0 aromatic rings. The van der Waals surface area contributed by atoms with Crippen LogP contribution in [0.15, 0.2) is 0 Å². The van der Waals surface area contributed by atoms with Gasteiger partial charge in [0.15, 0.2) is 20.2 Å². The van der Waals surface area contributed by atoms with Crippen LogP contribution in [0, 0.1) is 0 Å². The van der Waals surface area contributed by atoms with Gasteiger partial charge in [0.1, 0.15) is 0 Å². The van der Waals surface area contributed by atoms with Crippen LogP contribution in [0.1, 0.15) is 148 Å². The van der Waals surface area contributed by atoms with Crippen molar-refractivity contribution < 1.29 is 19.8 Å². The molecule has 0 saturated heterocycles. The van der Waals surface area contributed by atoms with Crippen LogP contribution in [0.4, 0.5) is 0 Å². The van der Waals surface area contributed by atoms with Crippen LogP contribution in [0.2, 0.25) is 0 Å². The van der Waals surface area contributed by atoms with Gasteiger partial charge in [-0.3, -0.25) is 4.48 Å². The summed E-state index contributed by atoms with van der Waals surface area (Å²) < 4.78 is -0.000800. The highest BCUT2D eigenvalue weighted by atomic mass is 16.3. The minimum Gasteiger partial charge on any atom is -0.347 e. The second-order valence-corrected chi connectivity index (χ2v) is 9.91. The number of aliphatic hydroxyl groups is 3. The first-order chi connectivity index (χ1) is 15.2. The van der Waals surface area contributed by atoms with E-state index in [9.17, 15) is 15.3 Å². The van der Waals surface area contributed by atoms with Gasteiger partial charge in [0.2, 0.25) is 0 Å². The summed E-state index contributed by atoms with van der Waals surface area (Å²) >= 11 is 0. The summed E-state index contributed by atoms with van der Waals surface area (Å²) in [4.78, 5) is 0. The molecule has 0 aromatic heterocycles. The van der Waals surface area contributed by atoms with E-state index in [-0.39, 0.29) is 24.7 Å². The van der Waals surface area contributed by atoms with Crippen molar-refractivity contribution in [2.45, 2.75) is 148 Å². The van der Waals surface area contributed by atoms with E-state index in [2.05, 4.69) is 6.92 Å². The average Bonchev–Trinajstić information content (AvgIpc) is 2.80. The Bertz CT molecular complexity index is 326. The van der Waals surface area contributed by atoms with E-state index in [4.69, 9.17) is 0 Å². The van der Waals surface area contributed by atoms with Crippen LogP contribution in [-0.4, -0.2) is 46.5 Å². The van der Waals surface area contributed by atoms with Crippen LogP contribution in [0.5, 0.6) is 0 Å². The average molecular weight is 445 g/mol. The van der Waals surface area contributed by atoms with Gasteiger partial charge in [-0.05, 0) is 12.8 Å². The van der Waals surface area contributed by atoms with Gasteiger partial charge in [0.05, 0.1) is 6.54 Å². The van der Waals surface area contributed by atoms with Crippen LogP contribution in [0.25, 0.3) is 0 Å². The third-order valence-corrected chi connectivity index (χ3v) is 6.89. The molecule has 4 heteroatoms. The summed E-state index contributed by atoms with van der Waals surface area (Å²) in [7, 11) is 0. The second kappa shape index (κ2) is 24.5. The number of rotatable bonds is 26. The molecule has 0 atom stereocenters. The van der Waals surface area contributed by atoms with E-state index in [0.717, 1.165) is 12.8 Å². The zero-order chi connectivity index (χ0) is 22.9. The van der Waals surface area contributed by atoms with Gasteiger partial charge >= 0.3 is 0 Å². The van der Waals surface area contributed by atoms with Crippen LogP contribution >= 0.6 is 0 Å². The molecule has 188 valence electrons. The van der Waals surface area contributed by atoms with Crippen molar-refractivity contribution in [1.82, 2.24) is 0 Å². The zero-order valence-corrected chi connectivity index (χ0v) is 21.2. The van der Waals surface area contributed by atoms with Gasteiger partial charge in [-0.1, -0.05) is 135 Å². The number of hydrogen-bond donors (Lipinski definition) is 3. The number of aliphatic hydroxyl groups excluding tert-OH is 3. The van der Waals surface area contributed by atoms with Crippen molar-refractivity contribution in [3.05, 3.63) is 0 Å². The summed E-state index contributed by atoms with van der Waals surface area (Å²) in [5.74, 6) is 0. The molecular weight excluding hydrogens is 386 g/mol. The Hall–Kier alpha value is -0.160. The van der Waals surface area contributed by atoms with Crippen molar-refractivity contribution >= 4 is 0 Å². The number of quaternary nitrogens is 1. The predicted molar refractivity (Wildman–Crippen MR) is 134 cm³/mol. The molecule has 0 amide bonds. The maximum atomic E-state index is 9.30. The van der Waals surface area contributed by atoms with Gasteiger partial charge in [0, 0.05) is 0 Å². The molecule has 0 unspecified atom stereocenters. The van der Waals surface area contributed by atoms with Crippen molar-refractivity contribution in [1.29, 1.82) is 0 Å². The second-order valence-electron chi connectivity index (χ2n) is 9.91. The first kappa shape index (κ1) is 30.8. The molecule has 0 aliphatic rings. The van der Waals surface area contributed by atoms with Crippen LogP contribution < -0.4 is 0 Å². The van der Waals surface area contributed by atoms with Gasteiger partial charge in [-0.2, -0.15) is 0 Å². The van der Waals surface area contributed by atoms with Gasteiger partial charge in [0.25, 0.3) is 0 Å². The molecule has 0 radical (unpaired) electrons. The van der Waals surface area contributed by atoms with Gasteiger partial charge < -0.3 is 15.3 Å². The summed E-state index contributed by atoms with van der Waals surface area (Å²) in [6.45, 7) is 2.38. The lowest BCUT2D eigenvalue weighted by molar-refractivity contribution is -0.976. The summed E-state index contributed by atoms with van der Waals surface area (Å²) in [6, 6.07) is 0.